The van der Waals surface area contributed by atoms with E-state index in [-0.39, 0.29) is 11.6 Å². The number of anilines is 2. The number of methoxy groups -OCH3 is 3. The van der Waals surface area contributed by atoms with Crippen molar-refractivity contribution in [1.82, 2.24) is 5.32 Å². The lowest BCUT2D eigenvalue weighted by Crippen LogP contribution is -2.30. The van der Waals surface area contributed by atoms with Crippen LogP contribution >= 0.6 is 11.8 Å². The van der Waals surface area contributed by atoms with Crippen molar-refractivity contribution in [2.24, 2.45) is 0 Å². The minimum absolute atomic E-state index is 0.0421. The van der Waals surface area contributed by atoms with Crippen LogP contribution in [-0.2, 0) is 14.3 Å². The molecule has 1 unspecified atom stereocenters. The van der Waals surface area contributed by atoms with Gasteiger partial charge in [-0.05, 0) is 86.2 Å². The van der Waals surface area contributed by atoms with Gasteiger partial charge >= 0.3 is 5.97 Å². The van der Waals surface area contributed by atoms with E-state index in [0.29, 0.717) is 51.9 Å². The summed E-state index contributed by atoms with van der Waals surface area (Å²) in [5, 5.41) is 7.96. The third-order valence-electron chi connectivity index (χ3n) is 7.48. The van der Waals surface area contributed by atoms with Gasteiger partial charge in [0.25, 0.3) is 11.8 Å². The molecule has 4 aromatic carbocycles. The minimum Gasteiger partial charge on any atom is -0.496 e. The van der Waals surface area contributed by atoms with Gasteiger partial charge in [0.05, 0.1) is 38.7 Å². The molecule has 0 aliphatic heterocycles. The number of esters is 1. The molecule has 11 nitrogen and oxygen atoms in total. The van der Waals surface area contributed by atoms with Crippen molar-refractivity contribution in [2.45, 2.75) is 36.8 Å². The Labute approximate surface area is 301 Å². The molecule has 0 aromatic heterocycles. The first-order valence-corrected chi connectivity index (χ1v) is 17.1. The molecular weight excluding hydrogens is 671 g/mol. The van der Waals surface area contributed by atoms with Crippen LogP contribution in [0, 0.1) is 0 Å². The topological polar surface area (TPSA) is 141 Å². The van der Waals surface area contributed by atoms with Crippen LogP contribution in [0.25, 0.3) is 6.08 Å². The highest BCUT2D eigenvalue weighted by Crippen LogP contribution is 2.36. The number of thioether (sulfide) groups is 1. The Balaban J connectivity index is 1.44. The van der Waals surface area contributed by atoms with Crippen LogP contribution in [0.1, 0.15) is 53.0 Å². The Kier molecular flexibility index (Phi) is 14.1. The number of benzene rings is 4. The number of carbonyl (C=O) groups is 4. The van der Waals surface area contributed by atoms with E-state index < -0.39 is 23.0 Å². The number of unbranched alkanes of at least 4 members (excludes halogenated alkanes) is 1. The Morgan fingerprint density at radius 1 is 0.745 bits per heavy atom. The Morgan fingerprint density at radius 2 is 1.35 bits per heavy atom. The van der Waals surface area contributed by atoms with Gasteiger partial charge in [0.2, 0.25) is 5.91 Å². The predicted octanol–water partition coefficient (Wildman–Crippen LogP) is 7.20. The summed E-state index contributed by atoms with van der Waals surface area (Å²) >= 11 is 1.34. The molecule has 3 N–H and O–H groups in total. The van der Waals surface area contributed by atoms with Crippen LogP contribution in [0.15, 0.2) is 102 Å². The van der Waals surface area contributed by atoms with Gasteiger partial charge in [-0.2, -0.15) is 0 Å². The van der Waals surface area contributed by atoms with Gasteiger partial charge in [-0.1, -0.05) is 31.5 Å². The second-order valence-corrected chi connectivity index (χ2v) is 12.5. The Morgan fingerprint density at radius 3 is 1.98 bits per heavy atom. The minimum atomic E-state index is -0.579. The van der Waals surface area contributed by atoms with E-state index in [9.17, 15) is 19.2 Å². The first kappa shape index (κ1) is 38.1. The number of hydrogen-bond acceptors (Lipinski definition) is 9. The van der Waals surface area contributed by atoms with Crippen LogP contribution < -0.4 is 30.2 Å². The third-order valence-corrected chi connectivity index (χ3v) is 8.59. The van der Waals surface area contributed by atoms with Crippen LogP contribution in [0.4, 0.5) is 11.4 Å². The monoisotopic (exact) mass is 711 g/mol. The average Bonchev–Trinajstić information content (AvgIpc) is 3.15. The van der Waals surface area contributed by atoms with Gasteiger partial charge in [0, 0.05) is 33.5 Å². The van der Waals surface area contributed by atoms with Crippen molar-refractivity contribution in [3.8, 4) is 17.2 Å². The molecule has 0 spiro atoms. The van der Waals surface area contributed by atoms with E-state index in [4.69, 9.17) is 18.9 Å². The second kappa shape index (κ2) is 18.9. The molecule has 0 saturated carbocycles. The van der Waals surface area contributed by atoms with Gasteiger partial charge < -0.3 is 34.9 Å². The van der Waals surface area contributed by atoms with Gasteiger partial charge in [0.15, 0.2) is 11.5 Å². The molecule has 0 radical (unpaired) electrons. The van der Waals surface area contributed by atoms with Crippen LogP contribution in [-0.4, -0.2) is 56.9 Å². The zero-order valence-corrected chi connectivity index (χ0v) is 29.9. The van der Waals surface area contributed by atoms with E-state index in [1.807, 2.05) is 6.92 Å². The molecule has 0 bridgehead atoms. The predicted molar refractivity (Wildman–Crippen MR) is 199 cm³/mol. The van der Waals surface area contributed by atoms with E-state index in [2.05, 4.69) is 16.0 Å². The molecule has 0 fully saturated rings. The summed E-state index contributed by atoms with van der Waals surface area (Å²) in [5.74, 6) is -0.428. The van der Waals surface area contributed by atoms with Crippen molar-refractivity contribution < 1.29 is 38.1 Å². The normalized spacial score (nSPS) is 11.5. The summed E-state index contributed by atoms with van der Waals surface area (Å²) < 4.78 is 21.6. The van der Waals surface area contributed by atoms with Crippen LogP contribution in [0.5, 0.6) is 17.2 Å². The molecule has 0 heterocycles. The molecule has 51 heavy (non-hydrogen) atoms. The smallest absolute Gasteiger partial charge is 0.338 e. The molecule has 0 saturated heterocycles. The van der Waals surface area contributed by atoms with Gasteiger partial charge in [0.1, 0.15) is 11.4 Å². The molecule has 4 rings (SSSR count). The molecule has 0 aliphatic carbocycles. The fraction of sp³-hybridized carbons (Fsp3) is 0.231. The van der Waals surface area contributed by atoms with Crippen molar-refractivity contribution in [3.05, 3.63) is 113 Å². The number of ether oxygens (including phenoxy) is 4. The first-order valence-electron chi connectivity index (χ1n) is 16.2. The molecule has 266 valence electrons. The maximum Gasteiger partial charge on any atom is 0.338 e. The van der Waals surface area contributed by atoms with Crippen molar-refractivity contribution in [1.29, 1.82) is 0 Å². The number of rotatable bonds is 16. The first-order chi connectivity index (χ1) is 24.6. The lowest BCUT2D eigenvalue weighted by Gasteiger charge is -2.15. The van der Waals surface area contributed by atoms with E-state index in [0.717, 1.165) is 17.7 Å². The number of nitrogens with one attached hydrogen (secondary N) is 3. The number of amides is 3. The second-order valence-electron chi connectivity index (χ2n) is 11.1. The van der Waals surface area contributed by atoms with Crippen LogP contribution in [0.2, 0.25) is 0 Å². The fourth-order valence-electron chi connectivity index (χ4n) is 4.66. The van der Waals surface area contributed by atoms with Gasteiger partial charge in [-0.3, -0.25) is 14.4 Å². The highest BCUT2D eigenvalue weighted by atomic mass is 32.2. The number of carbonyl (C=O) groups excluding carboxylic acids is 4. The molecule has 1 atom stereocenters. The molecule has 0 aliphatic rings. The number of hydrogen-bond donors (Lipinski definition) is 3. The largest absolute Gasteiger partial charge is 0.496 e. The zero-order valence-electron chi connectivity index (χ0n) is 29.1. The summed E-state index contributed by atoms with van der Waals surface area (Å²) in [6.07, 6.45) is 3.23. The summed E-state index contributed by atoms with van der Waals surface area (Å²) in [6.45, 7) is 4.18. The van der Waals surface area contributed by atoms with E-state index in [1.54, 1.807) is 97.9 Å². The fourth-order valence-corrected chi connectivity index (χ4v) is 5.53. The Bertz CT molecular complexity index is 1850. The van der Waals surface area contributed by atoms with Crippen molar-refractivity contribution in [2.75, 3.05) is 38.6 Å². The summed E-state index contributed by atoms with van der Waals surface area (Å²) in [6, 6.07) is 25.3. The van der Waals surface area contributed by atoms with Gasteiger partial charge in [-0.15, -0.1) is 11.8 Å². The van der Waals surface area contributed by atoms with Crippen molar-refractivity contribution in [3.63, 3.8) is 0 Å². The van der Waals surface area contributed by atoms with E-state index in [1.165, 1.54) is 39.2 Å². The highest BCUT2D eigenvalue weighted by molar-refractivity contribution is 8.00. The van der Waals surface area contributed by atoms with E-state index >= 15 is 0 Å². The van der Waals surface area contributed by atoms with Crippen molar-refractivity contribution >= 4 is 52.9 Å². The van der Waals surface area contributed by atoms with Gasteiger partial charge in [-0.25, -0.2) is 4.79 Å². The summed E-state index contributed by atoms with van der Waals surface area (Å²) in [5.41, 5.74) is 2.24. The molecule has 3 amide bonds. The highest BCUT2D eigenvalue weighted by Gasteiger charge is 2.19. The lowest BCUT2D eigenvalue weighted by atomic mass is 10.1. The Hall–Kier alpha value is -5.75. The lowest BCUT2D eigenvalue weighted by molar-refractivity contribution is -0.115. The molecular formula is C39H41N3O8S. The maximum atomic E-state index is 13.6. The summed E-state index contributed by atoms with van der Waals surface area (Å²) in [7, 11) is 4.48. The third kappa shape index (κ3) is 10.9. The standard InChI is InChI=1S/C39H41N3O8S/c1-6-7-21-50-39(46)27-13-15-29(16-14-27)40-36(43)25(2)51-31-19-17-30(18-20-31)41-38(45)32(42-37(44)26-11-9-8-10-12-26)22-28-23-34(48-4)35(49-5)24-33(28)47-3/h8-20,22-25H,6-7,21H2,1-5H3,(H,40,43)(H,41,45)(H,42,44)/b32-22-. The average molecular weight is 712 g/mol. The zero-order chi connectivity index (χ0) is 36.8. The summed E-state index contributed by atoms with van der Waals surface area (Å²) in [4.78, 5) is 52.6. The SMILES string of the molecule is CCCCOC(=O)c1ccc(NC(=O)C(C)Sc2ccc(NC(=O)/C(=C/c3cc(OC)c(OC)cc3OC)NC(=O)c3ccccc3)cc2)cc1. The maximum absolute atomic E-state index is 13.6. The molecule has 12 heteroatoms. The molecule has 4 aromatic rings. The quantitative estimate of drug-likeness (QED) is 0.0476. The van der Waals surface area contributed by atoms with Crippen LogP contribution in [0.3, 0.4) is 0 Å².